The van der Waals surface area contributed by atoms with Gasteiger partial charge in [0.25, 0.3) is 0 Å². The molecule has 0 saturated carbocycles. The van der Waals surface area contributed by atoms with Crippen LogP contribution < -0.4 is 5.73 Å². The molecule has 2 atom stereocenters. The van der Waals surface area contributed by atoms with Crippen molar-refractivity contribution in [2.75, 3.05) is 19.8 Å². The van der Waals surface area contributed by atoms with E-state index in [4.69, 9.17) is 19.9 Å². The Balaban J connectivity index is 4.37. The highest BCUT2D eigenvalue weighted by Gasteiger charge is 2.38. The van der Waals surface area contributed by atoms with Crippen LogP contribution in [0, 0.1) is 0 Å². The second-order valence-electron chi connectivity index (χ2n) is 14.5. The molecule has 0 spiro atoms. The fourth-order valence-corrected chi connectivity index (χ4v) is 7.51. The second-order valence-corrected chi connectivity index (χ2v) is 15.8. The maximum absolute atomic E-state index is 12.8. The Morgan fingerprint density at radius 2 is 0.918 bits per heavy atom. The lowest BCUT2D eigenvalue weighted by molar-refractivity contribution is -0.00831. The van der Waals surface area contributed by atoms with Gasteiger partial charge in [-0.15, -0.1) is 0 Å². The fraction of sp³-hybridized carbons (Fsp3) is 0.902. The molecular formula is C41H82NO6P. The summed E-state index contributed by atoms with van der Waals surface area (Å²) in [4.78, 5) is 10.4. The zero-order valence-corrected chi connectivity index (χ0v) is 33.2. The van der Waals surface area contributed by atoms with Gasteiger partial charge in [-0.3, -0.25) is 9.05 Å². The van der Waals surface area contributed by atoms with E-state index < -0.39 is 32.7 Å². The first-order valence-corrected chi connectivity index (χ1v) is 22.3. The Bertz CT molecular complexity index is 750. The van der Waals surface area contributed by atoms with Crippen LogP contribution in [-0.4, -0.2) is 46.6 Å². The number of hydrogen-bond acceptors (Lipinski definition) is 6. The zero-order chi connectivity index (χ0) is 36.2. The smallest absolute Gasteiger partial charge is 0.394 e. The Kier molecular flexibility index (Phi) is 35.5. The zero-order valence-electron chi connectivity index (χ0n) is 32.3. The molecule has 0 heterocycles. The lowest BCUT2D eigenvalue weighted by Gasteiger charge is -2.34. The predicted octanol–water partition coefficient (Wildman–Crippen LogP) is 12.0. The molecule has 2 unspecified atom stereocenters. The molecule has 0 aromatic heterocycles. The number of nitrogens with two attached hydrogens (primary N) is 1. The lowest BCUT2D eigenvalue weighted by atomic mass is 9.89. The van der Waals surface area contributed by atoms with Crippen molar-refractivity contribution in [2.45, 2.75) is 218 Å². The topological polar surface area (TPSA) is 122 Å². The Morgan fingerprint density at radius 1 is 0.592 bits per heavy atom. The van der Waals surface area contributed by atoms with E-state index in [0.29, 0.717) is 12.8 Å². The summed E-state index contributed by atoms with van der Waals surface area (Å²) in [5.74, 6) is 0. The van der Waals surface area contributed by atoms with Crippen LogP contribution in [0.1, 0.15) is 206 Å². The molecule has 0 aromatic carbocycles. The van der Waals surface area contributed by atoms with Crippen molar-refractivity contribution in [1.29, 1.82) is 0 Å². The van der Waals surface area contributed by atoms with Gasteiger partial charge in [-0.1, -0.05) is 167 Å². The van der Waals surface area contributed by atoms with E-state index in [2.05, 4.69) is 38.2 Å². The summed E-state index contributed by atoms with van der Waals surface area (Å²) < 4.78 is 23.6. The monoisotopic (exact) mass is 716 g/mol. The van der Waals surface area contributed by atoms with Gasteiger partial charge in [0.05, 0.1) is 18.8 Å². The van der Waals surface area contributed by atoms with E-state index in [0.717, 1.165) is 51.4 Å². The van der Waals surface area contributed by atoms with E-state index in [-0.39, 0.29) is 6.54 Å². The SMILES string of the molecule is CCCCCCCC/C=C\CCCCCCCCC(CN)(CCCCCCCC/C=C\CCCCCCCC)OP(=O)(O)OCC(O)CO. The summed E-state index contributed by atoms with van der Waals surface area (Å²) >= 11 is 0. The van der Waals surface area contributed by atoms with E-state index in [1.807, 2.05) is 0 Å². The molecule has 0 rings (SSSR count). The highest BCUT2D eigenvalue weighted by atomic mass is 31.2. The van der Waals surface area contributed by atoms with Crippen molar-refractivity contribution in [3.8, 4) is 0 Å². The molecule has 7 nitrogen and oxygen atoms in total. The molecule has 5 N–H and O–H groups in total. The Morgan fingerprint density at radius 3 is 1.24 bits per heavy atom. The Hall–Kier alpha value is -0.530. The maximum Gasteiger partial charge on any atom is 0.472 e. The summed E-state index contributed by atoms with van der Waals surface area (Å²) in [5, 5.41) is 18.7. The largest absolute Gasteiger partial charge is 0.472 e. The molecule has 0 radical (unpaired) electrons. The molecule has 0 saturated heterocycles. The molecule has 0 aliphatic heterocycles. The van der Waals surface area contributed by atoms with Crippen LogP contribution in [-0.2, 0) is 13.6 Å². The Labute approximate surface area is 303 Å². The summed E-state index contributed by atoms with van der Waals surface area (Å²) in [7, 11) is -4.44. The van der Waals surface area contributed by atoms with Crippen LogP contribution in [0.2, 0.25) is 0 Å². The summed E-state index contributed by atoms with van der Waals surface area (Å²) in [6, 6.07) is 0. The molecule has 49 heavy (non-hydrogen) atoms. The minimum atomic E-state index is -4.44. The molecule has 8 heteroatoms. The van der Waals surface area contributed by atoms with Gasteiger partial charge in [0.15, 0.2) is 0 Å². The van der Waals surface area contributed by atoms with Gasteiger partial charge >= 0.3 is 7.82 Å². The third-order valence-electron chi connectivity index (χ3n) is 9.61. The van der Waals surface area contributed by atoms with Crippen molar-refractivity contribution in [1.82, 2.24) is 0 Å². The number of rotatable bonds is 39. The van der Waals surface area contributed by atoms with Crippen molar-refractivity contribution in [2.24, 2.45) is 5.73 Å². The van der Waals surface area contributed by atoms with Crippen molar-refractivity contribution in [3.63, 3.8) is 0 Å². The fourth-order valence-electron chi connectivity index (χ4n) is 6.35. The summed E-state index contributed by atoms with van der Waals surface area (Å²) in [5.41, 5.74) is 5.28. The van der Waals surface area contributed by atoms with Crippen LogP contribution in [0.25, 0.3) is 0 Å². The number of phosphoric acid groups is 1. The number of allylic oxidation sites excluding steroid dienone is 4. The van der Waals surface area contributed by atoms with Crippen LogP contribution in [0.15, 0.2) is 24.3 Å². The minimum Gasteiger partial charge on any atom is -0.394 e. The molecular weight excluding hydrogens is 633 g/mol. The number of phosphoric ester groups is 1. The van der Waals surface area contributed by atoms with Crippen LogP contribution in [0.3, 0.4) is 0 Å². The number of hydrogen-bond donors (Lipinski definition) is 4. The third kappa shape index (κ3) is 33.1. The lowest BCUT2D eigenvalue weighted by Crippen LogP contribution is -2.40. The second kappa shape index (κ2) is 35.9. The third-order valence-corrected chi connectivity index (χ3v) is 10.7. The van der Waals surface area contributed by atoms with Crippen LogP contribution >= 0.6 is 7.82 Å². The maximum atomic E-state index is 12.8. The summed E-state index contributed by atoms with van der Waals surface area (Å²) in [6.07, 6.45) is 43.7. The molecule has 0 amide bonds. The van der Waals surface area contributed by atoms with E-state index in [1.54, 1.807) is 0 Å². The molecule has 292 valence electrons. The highest BCUT2D eigenvalue weighted by molar-refractivity contribution is 7.47. The average molecular weight is 716 g/mol. The van der Waals surface area contributed by atoms with Gasteiger partial charge in [0.1, 0.15) is 6.10 Å². The number of unbranched alkanes of at least 4 members (excludes halogenated alkanes) is 24. The summed E-state index contributed by atoms with van der Waals surface area (Å²) in [6.45, 7) is 3.65. The van der Waals surface area contributed by atoms with Gasteiger partial charge in [0.2, 0.25) is 0 Å². The van der Waals surface area contributed by atoms with E-state index >= 15 is 0 Å². The predicted molar refractivity (Wildman–Crippen MR) is 210 cm³/mol. The molecule has 0 aliphatic carbocycles. The number of aliphatic hydroxyl groups is 2. The van der Waals surface area contributed by atoms with Gasteiger partial charge in [-0.05, 0) is 64.2 Å². The van der Waals surface area contributed by atoms with Gasteiger partial charge in [-0.2, -0.15) is 0 Å². The number of aliphatic hydroxyl groups excluding tert-OH is 2. The first-order chi connectivity index (χ1) is 23.8. The van der Waals surface area contributed by atoms with Crippen LogP contribution in [0.4, 0.5) is 0 Å². The highest BCUT2D eigenvalue weighted by Crippen LogP contribution is 2.49. The van der Waals surface area contributed by atoms with Crippen molar-refractivity contribution < 1.29 is 28.7 Å². The quantitative estimate of drug-likeness (QED) is 0.0284. The molecule has 0 bridgehead atoms. The average Bonchev–Trinajstić information content (AvgIpc) is 3.09. The molecule has 0 fully saturated rings. The normalized spacial score (nSPS) is 14.3. The standard InChI is InChI=1S/C41H82NO6P/c1-3-5-7-9-11-13-15-17-19-21-23-25-27-29-31-33-35-41(39-42,48-49(45,46)47-38-40(44)37-43)36-34-32-30-28-26-24-22-20-18-16-14-12-10-8-6-4-2/h17-20,40,43-44H,3-16,21-39,42H2,1-2H3,(H,45,46)/b19-17-,20-18-. The van der Waals surface area contributed by atoms with Gasteiger partial charge in [0, 0.05) is 6.54 Å². The van der Waals surface area contributed by atoms with Crippen molar-refractivity contribution in [3.05, 3.63) is 24.3 Å². The van der Waals surface area contributed by atoms with E-state index in [1.165, 1.54) is 128 Å². The van der Waals surface area contributed by atoms with Gasteiger partial charge in [-0.25, -0.2) is 4.57 Å². The van der Waals surface area contributed by atoms with Gasteiger partial charge < -0.3 is 20.8 Å². The minimum absolute atomic E-state index is 0.139. The van der Waals surface area contributed by atoms with Crippen molar-refractivity contribution >= 4 is 7.82 Å². The molecule has 0 aromatic rings. The first kappa shape index (κ1) is 48.5. The van der Waals surface area contributed by atoms with E-state index in [9.17, 15) is 14.6 Å². The first-order valence-electron chi connectivity index (χ1n) is 20.8. The van der Waals surface area contributed by atoms with Crippen LogP contribution in [0.5, 0.6) is 0 Å². The molecule has 0 aliphatic rings.